The molecule has 2 bridgehead atoms. The molecule has 2 heterocycles. The predicted octanol–water partition coefficient (Wildman–Crippen LogP) is 2.01. The number of ether oxygens (including phenoxy) is 1. The maximum Gasteiger partial charge on any atom is 0.152 e. The maximum atomic E-state index is 13.1. The fraction of sp³-hybridized carbons (Fsp3) is 0.462. The number of fused-ring (bicyclic) bond motifs is 2. The Balaban J connectivity index is 1.91. The third-order valence-electron chi connectivity index (χ3n) is 3.50. The zero-order valence-electron chi connectivity index (χ0n) is 9.43. The molecule has 0 N–H and O–H groups in total. The van der Waals surface area contributed by atoms with Gasteiger partial charge in [-0.2, -0.15) is 0 Å². The summed E-state index contributed by atoms with van der Waals surface area (Å²) in [5.74, 6) is -0.368. The highest BCUT2D eigenvalue weighted by Gasteiger charge is 2.34. The van der Waals surface area contributed by atoms with Crippen molar-refractivity contribution in [3.05, 3.63) is 29.6 Å². The van der Waals surface area contributed by atoms with Gasteiger partial charge in [-0.15, -0.1) is 0 Å². The van der Waals surface area contributed by atoms with E-state index in [-0.39, 0.29) is 18.0 Å². The van der Waals surface area contributed by atoms with E-state index in [0.29, 0.717) is 5.56 Å². The molecule has 0 aromatic heterocycles. The number of rotatable bonds is 2. The minimum Gasteiger partial charge on any atom is -0.371 e. The Bertz CT molecular complexity index is 437. The van der Waals surface area contributed by atoms with Crippen molar-refractivity contribution in [2.75, 3.05) is 18.0 Å². The number of anilines is 1. The number of hydrogen-bond acceptors (Lipinski definition) is 3. The van der Waals surface area contributed by atoms with Gasteiger partial charge in [0.05, 0.1) is 12.2 Å². The first-order valence-corrected chi connectivity index (χ1v) is 5.91. The first kappa shape index (κ1) is 10.7. The van der Waals surface area contributed by atoms with Gasteiger partial charge in [-0.3, -0.25) is 4.79 Å². The lowest BCUT2D eigenvalue weighted by atomic mass is 10.1. The number of morpholine rings is 1. The van der Waals surface area contributed by atoms with E-state index in [1.165, 1.54) is 12.1 Å². The van der Waals surface area contributed by atoms with E-state index in [0.717, 1.165) is 37.9 Å². The minimum absolute atomic E-state index is 0.262. The molecule has 2 atom stereocenters. The predicted molar refractivity (Wildman–Crippen MR) is 61.9 cm³/mol. The number of benzene rings is 1. The lowest BCUT2D eigenvalue weighted by molar-refractivity contribution is 0.0304. The van der Waals surface area contributed by atoms with Crippen molar-refractivity contribution in [3.8, 4) is 0 Å². The van der Waals surface area contributed by atoms with Crippen LogP contribution in [0.25, 0.3) is 0 Å². The van der Waals surface area contributed by atoms with Crippen LogP contribution in [0, 0.1) is 5.82 Å². The van der Waals surface area contributed by atoms with Crippen molar-refractivity contribution in [1.29, 1.82) is 0 Å². The monoisotopic (exact) mass is 235 g/mol. The quantitative estimate of drug-likeness (QED) is 0.734. The summed E-state index contributed by atoms with van der Waals surface area (Å²) < 4.78 is 18.8. The second-order valence-corrected chi connectivity index (χ2v) is 4.68. The number of halogens is 1. The molecule has 2 saturated heterocycles. The van der Waals surface area contributed by atoms with Crippen molar-refractivity contribution < 1.29 is 13.9 Å². The molecule has 0 saturated carbocycles. The second-order valence-electron chi connectivity index (χ2n) is 4.68. The number of aldehydes is 1. The summed E-state index contributed by atoms with van der Waals surface area (Å²) in [6.07, 6.45) is 3.41. The van der Waals surface area contributed by atoms with E-state index < -0.39 is 0 Å². The van der Waals surface area contributed by atoms with Gasteiger partial charge in [0, 0.05) is 24.3 Å². The molecule has 4 heteroatoms. The molecule has 2 unspecified atom stereocenters. The van der Waals surface area contributed by atoms with Crippen molar-refractivity contribution in [1.82, 2.24) is 0 Å². The highest BCUT2D eigenvalue weighted by Crippen LogP contribution is 2.31. The van der Waals surface area contributed by atoms with Crippen LogP contribution in [0.15, 0.2) is 18.2 Å². The van der Waals surface area contributed by atoms with Gasteiger partial charge in [0.15, 0.2) is 6.29 Å². The highest BCUT2D eigenvalue weighted by atomic mass is 19.1. The van der Waals surface area contributed by atoms with E-state index in [2.05, 4.69) is 4.90 Å². The van der Waals surface area contributed by atoms with Crippen LogP contribution in [0.2, 0.25) is 0 Å². The summed E-state index contributed by atoms with van der Waals surface area (Å²) in [6, 6.07) is 4.38. The summed E-state index contributed by atoms with van der Waals surface area (Å²) in [4.78, 5) is 13.1. The van der Waals surface area contributed by atoms with E-state index in [1.807, 2.05) is 0 Å². The molecule has 2 aliphatic heterocycles. The Hall–Kier alpha value is -1.42. The summed E-state index contributed by atoms with van der Waals surface area (Å²) in [5.41, 5.74) is 1.24. The first-order chi connectivity index (χ1) is 8.26. The maximum absolute atomic E-state index is 13.1. The highest BCUT2D eigenvalue weighted by molar-refractivity contribution is 5.84. The molecule has 2 fully saturated rings. The van der Waals surface area contributed by atoms with Gasteiger partial charge in [0.25, 0.3) is 0 Å². The normalized spacial score (nSPS) is 27.2. The molecule has 1 aromatic rings. The molecular formula is C13H14FNO2. The Kier molecular flexibility index (Phi) is 2.59. The number of carbonyl (C=O) groups is 1. The Morgan fingerprint density at radius 3 is 2.65 bits per heavy atom. The standard InChI is InChI=1S/C13H14FNO2/c14-10-1-4-13(9(5-10)8-16)15-6-11-2-3-12(7-15)17-11/h1,4-5,8,11-12H,2-3,6-7H2. The fourth-order valence-electron chi connectivity index (χ4n) is 2.72. The molecule has 2 aliphatic rings. The Morgan fingerprint density at radius 1 is 1.29 bits per heavy atom. The van der Waals surface area contributed by atoms with Crippen LogP contribution < -0.4 is 4.90 Å². The van der Waals surface area contributed by atoms with Crippen LogP contribution in [-0.4, -0.2) is 31.6 Å². The molecule has 0 radical (unpaired) electrons. The second kappa shape index (κ2) is 4.11. The third-order valence-corrected chi connectivity index (χ3v) is 3.50. The molecule has 0 spiro atoms. The van der Waals surface area contributed by atoms with Crippen LogP contribution in [-0.2, 0) is 4.74 Å². The molecule has 0 amide bonds. The summed E-state index contributed by atoms with van der Waals surface area (Å²) in [6.45, 7) is 1.59. The molecule has 17 heavy (non-hydrogen) atoms. The van der Waals surface area contributed by atoms with Gasteiger partial charge in [-0.25, -0.2) is 4.39 Å². The van der Waals surface area contributed by atoms with Gasteiger partial charge in [-0.1, -0.05) is 0 Å². The van der Waals surface area contributed by atoms with Gasteiger partial charge in [0.1, 0.15) is 5.82 Å². The zero-order chi connectivity index (χ0) is 11.8. The largest absolute Gasteiger partial charge is 0.371 e. The SMILES string of the molecule is O=Cc1cc(F)ccc1N1CC2CCC(C1)O2. The molecule has 0 aliphatic carbocycles. The van der Waals surface area contributed by atoms with Crippen LogP contribution in [0.4, 0.5) is 10.1 Å². The van der Waals surface area contributed by atoms with E-state index in [4.69, 9.17) is 4.74 Å². The molecule has 3 rings (SSSR count). The fourth-order valence-corrected chi connectivity index (χ4v) is 2.72. The van der Waals surface area contributed by atoms with Crippen LogP contribution in [0.3, 0.4) is 0 Å². The van der Waals surface area contributed by atoms with Crippen LogP contribution in [0.1, 0.15) is 23.2 Å². The Morgan fingerprint density at radius 2 is 2.00 bits per heavy atom. The Labute approximate surface area is 99.2 Å². The molecular weight excluding hydrogens is 221 g/mol. The average Bonchev–Trinajstić information content (AvgIpc) is 2.68. The number of nitrogens with zero attached hydrogens (tertiary/aromatic N) is 1. The third kappa shape index (κ3) is 1.93. The molecule has 3 nitrogen and oxygen atoms in total. The van der Waals surface area contributed by atoms with Crippen molar-refractivity contribution in [2.24, 2.45) is 0 Å². The lowest BCUT2D eigenvalue weighted by Gasteiger charge is -2.34. The average molecular weight is 235 g/mol. The topological polar surface area (TPSA) is 29.5 Å². The van der Waals surface area contributed by atoms with Gasteiger partial charge < -0.3 is 9.64 Å². The summed E-state index contributed by atoms with van der Waals surface area (Å²) in [7, 11) is 0. The van der Waals surface area contributed by atoms with Gasteiger partial charge >= 0.3 is 0 Å². The number of hydrogen-bond donors (Lipinski definition) is 0. The minimum atomic E-state index is -0.368. The zero-order valence-corrected chi connectivity index (χ0v) is 9.43. The molecule has 90 valence electrons. The smallest absolute Gasteiger partial charge is 0.152 e. The number of carbonyl (C=O) groups excluding carboxylic acids is 1. The van der Waals surface area contributed by atoms with E-state index in [1.54, 1.807) is 6.07 Å². The van der Waals surface area contributed by atoms with Crippen molar-refractivity contribution >= 4 is 12.0 Å². The first-order valence-electron chi connectivity index (χ1n) is 5.91. The van der Waals surface area contributed by atoms with Crippen LogP contribution in [0.5, 0.6) is 0 Å². The van der Waals surface area contributed by atoms with Crippen molar-refractivity contribution in [2.45, 2.75) is 25.0 Å². The lowest BCUT2D eigenvalue weighted by Crippen LogP contribution is -2.43. The van der Waals surface area contributed by atoms with Crippen molar-refractivity contribution in [3.63, 3.8) is 0 Å². The summed E-state index contributed by atoms with van der Waals surface area (Å²) >= 11 is 0. The van der Waals surface area contributed by atoms with E-state index >= 15 is 0 Å². The van der Waals surface area contributed by atoms with E-state index in [9.17, 15) is 9.18 Å². The summed E-state index contributed by atoms with van der Waals surface area (Å²) in [5, 5.41) is 0. The van der Waals surface area contributed by atoms with Gasteiger partial charge in [-0.05, 0) is 31.0 Å². The van der Waals surface area contributed by atoms with Gasteiger partial charge in [0.2, 0.25) is 0 Å². The van der Waals surface area contributed by atoms with Crippen LogP contribution >= 0.6 is 0 Å². The molecule has 1 aromatic carbocycles.